The van der Waals surface area contributed by atoms with Gasteiger partial charge in [0.25, 0.3) is 5.91 Å². The molecule has 2 atom stereocenters. The molecule has 1 aromatic carbocycles. The highest BCUT2D eigenvalue weighted by Gasteiger charge is 2.32. The molecule has 12 heteroatoms. The lowest BCUT2D eigenvalue weighted by atomic mass is 10.2. The molecular formula is C21H26N4O6S2. The Labute approximate surface area is 196 Å². The third kappa shape index (κ3) is 5.03. The number of sulfonamides is 1. The van der Waals surface area contributed by atoms with Crippen LogP contribution in [0, 0.1) is 0 Å². The maximum absolute atomic E-state index is 13.0. The first kappa shape index (κ1) is 23.6. The lowest BCUT2D eigenvalue weighted by Crippen LogP contribution is -2.48. The molecule has 1 fully saturated rings. The minimum Gasteiger partial charge on any atom is -0.453 e. The summed E-state index contributed by atoms with van der Waals surface area (Å²) in [5, 5.41) is 3.20. The van der Waals surface area contributed by atoms with E-state index in [-0.39, 0.29) is 36.1 Å². The van der Waals surface area contributed by atoms with Gasteiger partial charge in [-0.1, -0.05) is 11.3 Å². The summed E-state index contributed by atoms with van der Waals surface area (Å²) in [7, 11) is -2.34. The molecule has 2 amide bonds. The molecule has 2 aliphatic heterocycles. The van der Waals surface area contributed by atoms with E-state index in [9.17, 15) is 18.0 Å². The summed E-state index contributed by atoms with van der Waals surface area (Å²) in [4.78, 5) is 31.5. The molecule has 2 aliphatic rings. The standard InChI is InChI=1S/C21H26N4O6S2/c1-13-10-25(11-14(2)31-13)33(28,29)16-6-4-15(5-7-16)19(26)23-20-22-17-8-9-24(21(27)30-3)12-18(17)32-20/h4-7,13-14H,8-12H2,1-3H3,(H,22,23,26). The Balaban J connectivity index is 1.43. The summed E-state index contributed by atoms with van der Waals surface area (Å²) in [6.45, 7) is 5.16. The summed E-state index contributed by atoms with van der Waals surface area (Å²) in [5.41, 5.74) is 1.17. The third-order valence-corrected chi connectivity index (χ3v) is 8.37. The quantitative estimate of drug-likeness (QED) is 0.693. The summed E-state index contributed by atoms with van der Waals surface area (Å²) in [5.74, 6) is -0.386. The fourth-order valence-corrected chi connectivity index (χ4v) is 6.57. The first-order chi connectivity index (χ1) is 15.7. The number of aromatic nitrogens is 1. The first-order valence-corrected chi connectivity index (χ1v) is 12.8. The maximum Gasteiger partial charge on any atom is 0.409 e. The topological polar surface area (TPSA) is 118 Å². The fraction of sp³-hybridized carbons (Fsp3) is 0.476. The highest BCUT2D eigenvalue weighted by Crippen LogP contribution is 2.29. The molecule has 0 bridgehead atoms. The van der Waals surface area contributed by atoms with Crippen molar-refractivity contribution in [2.75, 3.05) is 32.1 Å². The number of fused-ring (bicyclic) bond motifs is 1. The lowest BCUT2D eigenvalue weighted by molar-refractivity contribution is -0.0440. The second-order valence-corrected chi connectivity index (χ2v) is 11.1. The highest BCUT2D eigenvalue weighted by molar-refractivity contribution is 7.89. The number of nitrogens with one attached hydrogen (secondary N) is 1. The molecule has 3 heterocycles. The number of anilines is 1. The summed E-state index contributed by atoms with van der Waals surface area (Å²) >= 11 is 1.31. The SMILES string of the molecule is COC(=O)N1CCc2nc(NC(=O)c3ccc(S(=O)(=O)N4CC(C)OC(C)C4)cc3)sc2C1. The third-order valence-electron chi connectivity index (χ3n) is 5.52. The fourth-order valence-electron chi connectivity index (χ4n) is 3.96. The number of carbonyl (C=O) groups is 2. The van der Waals surface area contributed by atoms with Gasteiger partial charge in [0.05, 0.1) is 36.5 Å². The Morgan fingerprint density at radius 3 is 2.48 bits per heavy atom. The van der Waals surface area contributed by atoms with Gasteiger partial charge >= 0.3 is 6.09 Å². The van der Waals surface area contributed by atoms with Crippen molar-refractivity contribution in [3.8, 4) is 0 Å². The van der Waals surface area contributed by atoms with Gasteiger partial charge < -0.3 is 14.4 Å². The number of thiazole rings is 1. The lowest BCUT2D eigenvalue weighted by Gasteiger charge is -2.34. The zero-order valence-electron chi connectivity index (χ0n) is 18.6. The minimum atomic E-state index is -3.68. The molecule has 33 heavy (non-hydrogen) atoms. The zero-order chi connectivity index (χ0) is 23.8. The molecule has 1 N–H and O–H groups in total. The molecule has 10 nitrogen and oxygen atoms in total. The Morgan fingerprint density at radius 1 is 1.18 bits per heavy atom. The normalized spacial score (nSPS) is 21.4. The van der Waals surface area contributed by atoms with Crippen molar-refractivity contribution in [2.24, 2.45) is 0 Å². The van der Waals surface area contributed by atoms with E-state index in [1.807, 2.05) is 13.8 Å². The van der Waals surface area contributed by atoms with Crippen LogP contribution in [0.1, 0.15) is 34.8 Å². The maximum atomic E-state index is 13.0. The second kappa shape index (κ2) is 9.37. The molecule has 2 unspecified atom stereocenters. The van der Waals surface area contributed by atoms with Gasteiger partial charge in [0.1, 0.15) is 0 Å². The van der Waals surface area contributed by atoms with Crippen LogP contribution in [0.4, 0.5) is 9.93 Å². The first-order valence-electron chi connectivity index (χ1n) is 10.6. The predicted molar refractivity (Wildman–Crippen MR) is 122 cm³/mol. The van der Waals surface area contributed by atoms with Crippen LogP contribution in [-0.2, 0) is 32.5 Å². The Morgan fingerprint density at radius 2 is 1.85 bits per heavy atom. The van der Waals surface area contributed by atoms with Crippen LogP contribution in [0.15, 0.2) is 29.2 Å². The number of rotatable bonds is 4. The van der Waals surface area contributed by atoms with E-state index in [1.54, 1.807) is 4.90 Å². The number of amides is 2. The summed E-state index contributed by atoms with van der Waals surface area (Å²) in [6, 6.07) is 5.86. The molecule has 1 saturated heterocycles. The van der Waals surface area contributed by atoms with Crippen molar-refractivity contribution in [3.05, 3.63) is 40.4 Å². The van der Waals surface area contributed by atoms with Gasteiger partial charge in [-0.05, 0) is 38.1 Å². The number of carbonyl (C=O) groups excluding carboxylic acids is 2. The van der Waals surface area contributed by atoms with E-state index >= 15 is 0 Å². The van der Waals surface area contributed by atoms with E-state index < -0.39 is 16.1 Å². The van der Waals surface area contributed by atoms with Crippen molar-refractivity contribution in [2.45, 2.75) is 43.9 Å². The minimum absolute atomic E-state index is 0.132. The predicted octanol–water partition coefficient (Wildman–Crippen LogP) is 2.32. The van der Waals surface area contributed by atoms with E-state index in [1.165, 1.54) is 47.0 Å². The van der Waals surface area contributed by atoms with Crippen LogP contribution in [0.5, 0.6) is 0 Å². The smallest absolute Gasteiger partial charge is 0.409 e. The molecule has 4 rings (SSSR count). The second-order valence-electron chi connectivity index (χ2n) is 8.09. The van der Waals surface area contributed by atoms with E-state index in [4.69, 9.17) is 9.47 Å². The van der Waals surface area contributed by atoms with Gasteiger partial charge in [-0.25, -0.2) is 18.2 Å². The Kier molecular flexibility index (Phi) is 6.71. The summed E-state index contributed by atoms with van der Waals surface area (Å²) < 4.78 is 37.8. The van der Waals surface area contributed by atoms with Crippen LogP contribution in [0.2, 0.25) is 0 Å². The molecule has 0 spiro atoms. The molecule has 2 aromatic rings. The number of nitrogens with zero attached hydrogens (tertiary/aromatic N) is 3. The number of ether oxygens (including phenoxy) is 2. The number of hydrogen-bond acceptors (Lipinski definition) is 8. The highest BCUT2D eigenvalue weighted by atomic mass is 32.2. The van der Waals surface area contributed by atoms with Gasteiger partial charge in [0.15, 0.2) is 5.13 Å². The van der Waals surface area contributed by atoms with Crippen LogP contribution < -0.4 is 5.32 Å². The number of benzene rings is 1. The van der Waals surface area contributed by atoms with Crippen molar-refractivity contribution in [1.29, 1.82) is 0 Å². The molecule has 178 valence electrons. The Hall–Kier alpha value is -2.54. The molecule has 0 aliphatic carbocycles. The molecule has 0 radical (unpaired) electrons. The van der Waals surface area contributed by atoms with Crippen molar-refractivity contribution in [3.63, 3.8) is 0 Å². The van der Waals surface area contributed by atoms with E-state index in [2.05, 4.69) is 10.3 Å². The van der Waals surface area contributed by atoms with Gasteiger partial charge in [-0.3, -0.25) is 10.1 Å². The van der Waals surface area contributed by atoms with Crippen LogP contribution in [0.25, 0.3) is 0 Å². The Bertz CT molecular complexity index is 1140. The summed E-state index contributed by atoms with van der Waals surface area (Å²) in [6.07, 6.45) is -0.173. The van der Waals surface area contributed by atoms with Gasteiger partial charge in [0.2, 0.25) is 10.0 Å². The zero-order valence-corrected chi connectivity index (χ0v) is 20.2. The van der Waals surface area contributed by atoms with Crippen molar-refractivity contribution >= 4 is 38.5 Å². The monoisotopic (exact) mass is 494 g/mol. The van der Waals surface area contributed by atoms with Crippen molar-refractivity contribution in [1.82, 2.24) is 14.2 Å². The van der Waals surface area contributed by atoms with Crippen LogP contribution >= 0.6 is 11.3 Å². The van der Waals surface area contributed by atoms with Crippen LogP contribution in [-0.4, -0.2) is 73.6 Å². The molecule has 0 saturated carbocycles. The largest absolute Gasteiger partial charge is 0.453 e. The van der Waals surface area contributed by atoms with E-state index in [0.717, 1.165) is 10.6 Å². The molecular weight excluding hydrogens is 468 g/mol. The molecule has 1 aromatic heterocycles. The van der Waals surface area contributed by atoms with E-state index in [0.29, 0.717) is 30.2 Å². The number of methoxy groups -OCH3 is 1. The average molecular weight is 495 g/mol. The average Bonchev–Trinajstić information content (AvgIpc) is 3.19. The van der Waals surface area contributed by atoms with Gasteiger partial charge in [-0.15, -0.1) is 0 Å². The number of morpholine rings is 1. The van der Waals surface area contributed by atoms with Crippen LogP contribution in [0.3, 0.4) is 0 Å². The van der Waals surface area contributed by atoms with Crippen molar-refractivity contribution < 1.29 is 27.5 Å². The number of hydrogen-bond donors (Lipinski definition) is 1. The van der Waals surface area contributed by atoms with Gasteiger partial charge in [0, 0.05) is 36.5 Å². The van der Waals surface area contributed by atoms with Gasteiger partial charge in [-0.2, -0.15) is 4.31 Å².